The van der Waals surface area contributed by atoms with Gasteiger partial charge in [-0.05, 0) is 55.2 Å². The van der Waals surface area contributed by atoms with Gasteiger partial charge < -0.3 is 42.0 Å². The standard InChI is InChI=1S/C39H51O9P/c1-22-20-41-32-16-28(26(38(7,8)9)14-34(32)43-22)46-49(47-29-17-33-35(44-23(2)21-42-33)15-27(29)39(10,11)12)48-30-18-36-31(40-19-24(3)45-36)13-25(30)37(4,5)6/h13-18,22-24H,19-21H2,1-12H3. The molecule has 0 aliphatic carbocycles. The number of rotatable bonds is 6. The Morgan fingerprint density at radius 2 is 0.714 bits per heavy atom. The summed E-state index contributed by atoms with van der Waals surface area (Å²) in [7, 11) is -2.14. The van der Waals surface area contributed by atoms with E-state index in [1.807, 2.05) is 57.2 Å². The zero-order chi connectivity index (χ0) is 35.5. The smallest absolute Gasteiger partial charge is 0.486 e. The van der Waals surface area contributed by atoms with Crippen molar-refractivity contribution in [3.8, 4) is 51.7 Å². The first-order valence-electron chi connectivity index (χ1n) is 17.1. The number of hydrogen-bond donors (Lipinski definition) is 0. The summed E-state index contributed by atoms with van der Waals surface area (Å²) in [5.41, 5.74) is 1.90. The molecule has 3 aromatic rings. The molecule has 3 heterocycles. The molecule has 0 aromatic heterocycles. The highest BCUT2D eigenvalue weighted by molar-refractivity contribution is 7.43. The molecule has 10 heteroatoms. The fourth-order valence-corrected chi connectivity index (χ4v) is 6.94. The Kier molecular flexibility index (Phi) is 9.23. The van der Waals surface area contributed by atoms with Crippen LogP contribution in [-0.2, 0) is 16.2 Å². The molecule has 0 spiro atoms. The van der Waals surface area contributed by atoms with Gasteiger partial charge in [0.15, 0.2) is 34.5 Å². The third kappa shape index (κ3) is 7.72. The van der Waals surface area contributed by atoms with Crippen LogP contribution in [0.5, 0.6) is 51.7 Å². The number of fused-ring (bicyclic) bond motifs is 3. The SMILES string of the molecule is CC1COc2cc(C(C)(C)C)c(OP(Oc3cc4c(cc3C(C)(C)C)OC(C)CO4)Oc3cc4c(cc3C(C)(C)C)OC(C)CO4)cc2O1. The average Bonchev–Trinajstić information content (AvgIpc) is 2.98. The summed E-state index contributed by atoms with van der Waals surface area (Å²) in [5.74, 6) is 5.67. The zero-order valence-electron chi connectivity index (χ0n) is 30.9. The van der Waals surface area contributed by atoms with E-state index in [0.29, 0.717) is 71.6 Å². The molecule has 3 atom stereocenters. The Balaban J connectivity index is 1.48. The number of benzene rings is 3. The summed E-state index contributed by atoms with van der Waals surface area (Å²) in [4.78, 5) is 0. The highest BCUT2D eigenvalue weighted by Crippen LogP contribution is 2.54. The molecule has 0 saturated heterocycles. The maximum atomic E-state index is 6.88. The van der Waals surface area contributed by atoms with Crippen molar-refractivity contribution in [3.63, 3.8) is 0 Å². The van der Waals surface area contributed by atoms with Crippen molar-refractivity contribution in [2.24, 2.45) is 0 Å². The van der Waals surface area contributed by atoms with Gasteiger partial charge in [-0.15, -0.1) is 0 Å². The topological polar surface area (TPSA) is 83.1 Å². The lowest BCUT2D eigenvalue weighted by Crippen LogP contribution is -2.27. The predicted octanol–water partition coefficient (Wildman–Crippen LogP) is 9.82. The van der Waals surface area contributed by atoms with Crippen molar-refractivity contribution in [2.75, 3.05) is 19.8 Å². The molecule has 3 aliphatic heterocycles. The summed E-state index contributed by atoms with van der Waals surface area (Å²) in [6.07, 6.45) is -0.211. The van der Waals surface area contributed by atoms with E-state index in [9.17, 15) is 0 Å². The third-order valence-corrected chi connectivity index (χ3v) is 9.52. The normalized spacial score (nSPS) is 20.7. The first-order valence-corrected chi connectivity index (χ1v) is 18.2. The van der Waals surface area contributed by atoms with E-state index >= 15 is 0 Å². The van der Waals surface area contributed by atoms with Gasteiger partial charge in [-0.1, -0.05) is 62.3 Å². The highest BCUT2D eigenvalue weighted by Gasteiger charge is 2.35. The van der Waals surface area contributed by atoms with Crippen LogP contribution in [0.1, 0.15) is 99.8 Å². The molecule has 0 saturated carbocycles. The molecule has 0 bridgehead atoms. The quantitative estimate of drug-likeness (QED) is 0.234. The monoisotopic (exact) mass is 694 g/mol. The molecular formula is C39H51O9P. The summed E-state index contributed by atoms with van der Waals surface area (Å²) in [5, 5.41) is 0. The number of hydrogen-bond acceptors (Lipinski definition) is 9. The predicted molar refractivity (Wildman–Crippen MR) is 191 cm³/mol. The molecule has 0 amide bonds. The summed E-state index contributed by atoms with van der Waals surface area (Å²) in [6.45, 7) is 26.6. The van der Waals surface area contributed by atoms with Crippen molar-refractivity contribution in [3.05, 3.63) is 53.1 Å². The summed E-state index contributed by atoms with van der Waals surface area (Å²) in [6, 6.07) is 11.7. The fraction of sp³-hybridized carbons (Fsp3) is 0.538. The lowest BCUT2D eigenvalue weighted by atomic mass is 9.86. The number of ether oxygens (including phenoxy) is 6. The molecule has 49 heavy (non-hydrogen) atoms. The largest absolute Gasteiger partial charge is 0.530 e. The van der Waals surface area contributed by atoms with E-state index < -0.39 is 8.60 Å². The van der Waals surface area contributed by atoms with Crippen molar-refractivity contribution < 1.29 is 42.0 Å². The molecule has 0 N–H and O–H groups in total. The lowest BCUT2D eigenvalue weighted by Gasteiger charge is -2.32. The van der Waals surface area contributed by atoms with Crippen LogP contribution in [0, 0.1) is 0 Å². The summed E-state index contributed by atoms with van der Waals surface area (Å²) < 4.78 is 57.4. The van der Waals surface area contributed by atoms with Gasteiger partial charge in [0.25, 0.3) is 0 Å². The maximum Gasteiger partial charge on any atom is 0.530 e. The minimum absolute atomic E-state index is 0.0568. The summed E-state index contributed by atoms with van der Waals surface area (Å²) >= 11 is 0. The van der Waals surface area contributed by atoms with E-state index in [4.69, 9.17) is 42.0 Å². The molecule has 6 rings (SSSR count). The first-order chi connectivity index (χ1) is 22.8. The molecule has 0 fully saturated rings. The highest BCUT2D eigenvalue weighted by atomic mass is 31.2. The Morgan fingerprint density at radius 1 is 0.449 bits per heavy atom. The zero-order valence-corrected chi connectivity index (χ0v) is 31.8. The van der Waals surface area contributed by atoms with E-state index in [-0.39, 0.29) is 34.6 Å². The Hall–Kier alpha value is -3.71. The van der Waals surface area contributed by atoms with Gasteiger partial charge in [0, 0.05) is 34.9 Å². The van der Waals surface area contributed by atoms with Crippen molar-refractivity contribution >= 4 is 8.60 Å². The molecule has 3 aliphatic rings. The molecule has 9 nitrogen and oxygen atoms in total. The fourth-order valence-electron chi connectivity index (χ4n) is 5.89. The Morgan fingerprint density at radius 3 is 1.04 bits per heavy atom. The molecule has 266 valence electrons. The first kappa shape index (κ1) is 35.1. The minimum atomic E-state index is -2.14. The van der Waals surface area contributed by atoms with Gasteiger partial charge in [-0.3, -0.25) is 0 Å². The van der Waals surface area contributed by atoms with Crippen LogP contribution in [0.15, 0.2) is 36.4 Å². The lowest BCUT2D eigenvalue weighted by molar-refractivity contribution is 0.103. The van der Waals surface area contributed by atoms with E-state index in [1.165, 1.54) is 0 Å². The van der Waals surface area contributed by atoms with Crippen molar-refractivity contribution in [2.45, 2.75) is 118 Å². The van der Waals surface area contributed by atoms with E-state index in [1.54, 1.807) is 0 Å². The molecule has 3 unspecified atom stereocenters. The molecular weight excluding hydrogens is 643 g/mol. The van der Waals surface area contributed by atoms with Crippen LogP contribution in [0.3, 0.4) is 0 Å². The Labute approximate surface area is 292 Å². The second-order valence-corrected chi connectivity index (χ2v) is 17.3. The van der Waals surface area contributed by atoms with Crippen LogP contribution < -0.4 is 42.0 Å². The minimum Gasteiger partial charge on any atom is -0.486 e. The van der Waals surface area contributed by atoms with Gasteiger partial charge in [0.1, 0.15) is 55.4 Å². The maximum absolute atomic E-state index is 6.88. The molecule has 0 radical (unpaired) electrons. The van der Waals surface area contributed by atoms with E-state index in [0.717, 1.165) is 16.7 Å². The van der Waals surface area contributed by atoms with Crippen molar-refractivity contribution in [1.82, 2.24) is 0 Å². The second kappa shape index (κ2) is 12.9. The van der Waals surface area contributed by atoms with Crippen LogP contribution >= 0.6 is 8.60 Å². The van der Waals surface area contributed by atoms with Gasteiger partial charge in [0.2, 0.25) is 0 Å². The van der Waals surface area contributed by atoms with E-state index in [2.05, 4.69) is 62.3 Å². The van der Waals surface area contributed by atoms with Gasteiger partial charge in [-0.2, -0.15) is 0 Å². The third-order valence-electron chi connectivity index (χ3n) is 8.49. The average molecular weight is 695 g/mol. The van der Waals surface area contributed by atoms with Gasteiger partial charge >= 0.3 is 8.60 Å². The Bertz CT molecular complexity index is 1620. The second-order valence-electron chi connectivity index (χ2n) is 16.4. The van der Waals surface area contributed by atoms with Crippen LogP contribution in [0.25, 0.3) is 0 Å². The van der Waals surface area contributed by atoms with Gasteiger partial charge in [0.05, 0.1) is 0 Å². The van der Waals surface area contributed by atoms with Crippen LogP contribution in [-0.4, -0.2) is 38.1 Å². The van der Waals surface area contributed by atoms with Gasteiger partial charge in [-0.25, -0.2) is 0 Å². The van der Waals surface area contributed by atoms with Crippen LogP contribution in [0.2, 0.25) is 0 Å². The molecule has 3 aromatic carbocycles. The van der Waals surface area contributed by atoms with Crippen molar-refractivity contribution in [1.29, 1.82) is 0 Å². The van der Waals surface area contributed by atoms with Crippen LogP contribution in [0.4, 0.5) is 0 Å².